The normalized spacial score (nSPS) is 11.2. The maximum atomic E-state index is 12.8. The standard InChI is InChI=1S/C23H20N4O3S3/c1-27(33(29,30)20-10-6-3-7-11-20)19-14-12-18(13-15-19)21(28)24-22-25-26-23(32-22)31-16-17-8-4-2-5-9-17/h2-15H,16H2,1H3,(H,24,25,28). The number of anilines is 2. The molecule has 1 heterocycles. The molecule has 33 heavy (non-hydrogen) atoms. The molecule has 3 aromatic carbocycles. The van der Waals surface area contributed by atoms with Gasteiger partial charge in [0.05, 0.1) is 10.6 Å². The Morgan fingerprint density at radius 1 is 0.939 bits per heavy atom. The van der Waals surface area contributed by atoms with Crippen LogP contribution in [0.25, 0.3) is 0 Å². The Morgan fingerprint density at radius 3 is 2.24 bits per heavy atom. The average Bonchev–Trinajstić information content (AvgIpc) is 3.30. The molecule has 10 heteroatoms. The van der Waals surface area contributed by atoms with Crippen molar-refractivity contribution >= 4 is 49.8 Å². The lowest BCUT2D eigenvalue weighted by molar-refractivity contribution is 0.102. The summed E-state index contributed by atoms with van der Waals surface area (Å²) in [5.41, 5.74) is 2.02. The number of carbonyl (C=O) groups excluding carboxylic acids is 1. The average molecular weight is 497 g/mol. The van der Waals surface area contributed by atoms with Gasteiger partial charge in [0, 0.05) is 18.4 Å². The first-order valence-electron chi connectivity index (χ1n) is 9.89. The predicted molar refractivity (Wildman–Crippen MR) is 132 cm³/mol. The molecular formula is C23H20N4O3S3. The molecule has 0 atom stereocenters. The van der Waals surface area contributed by atoms with Gasteiger partial charge in [-0.15, -0.1) is 10.2 Å². The van der Waals surface area contributed by atoms with E-state index in [1.54, 1.807) is 66.4 Å². The fraction of sp³-hybridized carbons (Fsp3) is 0.0870. The summed E-state index contributed by atoms with van der Waals surface area (Å²) in [6.07, 6.45) is 0. The Balaban J connectivity index is 1.38. The van der Waals surface area contributed by atoms with Crippen molar-refractivity contribution in [2.75, 3.05) is 16.7 Å². The molecule has 0 spiro atoms. The van der Waals surface area contributed by atoms with Gasteiger partial charge < -0.3 is 0 Å². The van der Waals surface area contributed by atoms with Crippen molar-refractivity contribution in [1.29, 1.82) is 0 Å². The molecular weight excluding hydrogens is 476 g/mol. The fourth-order valence-corrected chi connectivity index (χ4v) is 5.84. The number of aromatic nitrogens is 2. The molecule has 7 nitrogen and oxygen atoms in total. The number of amides is 1. The van der Waals surface area contributed by atoms with Gasteiger partial charge in [0.25, 0.3) is 15.9 Å². The third kappa shape index (κ3) is 5.59. The Kier molecular flexibility index (Phi) is 7.07. The number of carbonyl (C=O) groups is 1. The summed E-state index contributed by atoms with van der Waals surface area (Å²) in [5, 5.41) is 11.3. The molecule has 0 saturated carbocycles. The molecule has 0 aliphatic carbocycles. The van der Waals surface area contributed by atoms with Crippen molar-refractivity contribution in [2.45, 2.75) is 15.0 Å². The molecule has 4 aromatic rings. The summed E-state index contributed by atoms with van der Waals surface area (Å²) >= 11 is 2.86. The van der Waals surface area contributed by atoms with Crippen molar-refractivity contribution in [2.24, 2.45) is 0 Å². The van der Waals surface area contributed by atoms with Gasteiger partial charge in [-0.1, -0.05) is 71.6 Å². The third-order valence-electron chi connectivity index (χ3n) is 4.73. The van der Waals surface area contributed by atoms with Crippen LogP contribution in [-0.2, 0) is 15.8 Å². The van der Waals surface area contributed by atoms with Crippen molar-refractivity contribution in [1.82, 2.24) is 10.2 Å². The topological polar surface area (TPSA) is 92.3 Å². The van der Waals surface area contributed by atoms with Crippen LogP contribution in [0.5, 0.6) is 0 Å². The number of thioether (sulfide) groups is 1. The molecule has 4 rings (SSSR count). The molecule has 0 unspecified atom stereocenters. The molecule has 0 aliphatic rings. The molecule has 0 aliphatic heterocycles. The molecule has 0 bridgehead atoms. The quantitative estimate of drug-likeness (QED) is 0.275. The Labute approximate surface area is 200 Å². The van der Waals surface area contributed by atoms with E-state index in [9.17, 15) is 13.2 Å². The summed E-state index contributed by atoms with van der Waals surface area (Å²) in [7, 11) is -2.20. The van der Waals surface area contributed by atoms with Gasteiger partial charge in [0.15, 0.2) is 4.34 Å². The van der Waals surface area contributed by atoms with Crippen LogP contribution >= 0.6 is 23.1 Å². The molecule has 0 saturated heterocycles. The lowest BCUT2D eigenvalue weighted by atomic mass is 10.2. The highest BCUT2D eigenvalue weighted by atomic mass is 32.2. The van der Waals surface area contributed by atoms with E-state index in [1.807, 2.05) is 30.3 Å². The first kappa shape index (κ1) is 23.0. The van der Waals surface area contributed by atoms with E-state index in [0.29, 0.717) is 16.4 Å². The number of nitrogens with one attached hydrogen (secondary N) is 1. The smallest absolute Gasteiger partial charge is 0.264 e. The molecule has 1 N–H and O–H groups in total. The van der Waals surface area contributed by atoms with Crippen LogP contribution in [0.15, 0.2) is 94.2 Å². The monoisotopic (exact) mass is 496 g/mol. The van der Waals surface area contributed by atoms with Gasteiger partial charge >= 0.3 is 0 Å². The van der Waals surface area contributed by atoms with Crippen molar-refractivity contribution in [3.63, 3.8) is 0 Å². The number of sulfonamides is 1. The minimum Gasteiger partial charge on any atom is -0.296 e. The van der Waals surface area contributed by atoms with E-state index in [-0.39, 0.29) is 10.8 Å². The summed E-state index contributed by atoms with van der Waals surface area (Å²) < 4.78 is 27.5. The summed E-state index contributed by atoms with van der Waals surface area (Å²) in [6, 6.07) is 24.6. The zero-order valence-electron chi connectivity index (χ0n) is 17.6. The van der Waals surface area contributed by atoms with Crippen LogP contribution < -0.4 is 9.62 Å². The van der Waals surface area contributed by atoms with Gasteiger partial charge in [0.1, 0.15) is 0 Å². The lowest BCUT2D eigenvalue weighted by Crippen LogP contribution is -2.26. The highest BCUT2D eigenvalue weighted by molar-refractivity contribution is 8.00. The minimum absolute atomic E-state index is 0.200. The minimum atomic E-state index is -3.68. The van der Waals surface area contributed by atoms with E-state index in [4.69, 9.17) is 0 Å². The first-order valence-corrected chi connectivity index (χ1v) is 13.1. The van der Waals surface area contributed by atoms with Crippen LogP contribution in [0.3, 0.4) is 0 Å². The van der Waals surface area contributed by atoms with E-state index in [2.05, 4.69) is 15.5 Å². The fourth-order valence-electron chi connectivity index (χ4n) is 2.92. The molecule has 1 amide bonds. The summed E-state index contributed by atoms with van der Waals surface area (Å²) in [4.78, 5) is 12.8. The summed E-state index contributed by atoms with van der Waals surface area (Å²) in [6.45, 7) is 0. The van der Waals surface area contributed by atoms with Gasteiger partial charge in [0.2, 0.25) is 5.13 Å². The van der Waals surface area contributed by atoms with Crippen molar-refractivity contribution < 1.29 is 13.2 Å². The second-order valence-corrected chi connectivity index (χ2v) is 11.1. The highest BCUT2D eigenvalue weighted by Gasteiger charge is 2.21. The molecule has 1 aromatic heterocycles. The number of hydrogen-bond acceptors (Lipinski definition) is 7. The second kappa shape index (κ2) is 10.2. The Morgan fingerprint density at radius 2 is 1.58 bits per heavy atom. The second-order valence-electron chi connectivity index (χ2n) is 6.93. The van der Waals surface area contributed by atoms with Gasteiger partial charge in [-0.05, 0) is 42.0 Å². The van der Waals surface area contributed by atoms with Crippen LogP contribution in [0.4, 0.5) is 10.8 Å². The largest absolute Gasteiger partial charge is 0.296 e. The number of rotatable bonds is 8. The first-order chi connectivity index (χ1) is 15.9. The zero-order valence-corrected chi connectivity index (χ0v) is 20.0. The molecule has 0 fully saturated rings. The third-order valence-corrected chi connectivity index (χ3v) is 8.57. The van der Waals surface area contributed by atoms with E-state index in [1.165, 1.54) is 28.3 Å². The van der Waals surface area contributed by atoms with Crippen molar-refractivity contribution in [3.05, 3.63) is 96.1 Å². The molecule has 168 valence electrons. The Hall–Kier alpha value is -3.21. The van der Waals surface area contributed by atoms with E-state index in [0.717, 1.165) is 10.1 Å². The predicted octanol–water partition coefficient (Wildman–Crippen LogP) is 4.91. The maximum absolute atomic E-state index is 12.8. The maximum Gasteiger partial charge on any atom is 0.264 e. The summed E-state index contributed by atoms with van der Waals surface area (Å²) in [5.74, 6) is 0.426. The molecule has 0 radical (unpaired) electrons. The number of nitrogens with zero attached hydrogens (tertiary/aromatic N) is 3. The van der Waals surface area contributed by atoms with Gasteiger partial charge in [-0.25, -0.2) is 8.42 Å². The highest BCUT2D eigenvalue weighted by Crippen LogP contribution is 2.29. The van der Waals surface area contributed by atoms with Crippen LogP contribution in [0.2, 0.25) is 0 Å². The van der Waals surface area contributed by atoms with Crippen LogP contribution in [0.1, 0.15) is 15.9 Å². The van der Waals surface area contributed by atoms with Crippen molar-refractivity contribution in [3.8, 4) is 0 Å². The Bertz CT molecular complexity index is 1330. The van der Waals surface area contributed by atoms with Crippen LogP contribution in [-0.4, -0.2) is 31.6 Å². The zero-order chi connectivity index (χ0) is 23.3. The van der Waals surface area contributed by atoms with Gasteiger partial charge in [-0.2, -0.15) is 0 Å². The van der Waals surface area contributed by atoms with E-state index >= 15 is 0 Å². The van der Waals surface area contributed by atoms with E-state index < -0.39 is 10.0 Å². The van der Waals surface area contributed by atoms with Crippen LogP contribution in [0, 0.1) is 0 Å². The SMILES string of the molecule is CN(c1ccc(C(=O)Nc2nnc(SCc3ccccc3)s2)cc1)S(=O)(=O)c1ccccc1. The number of hydrogen-bond donors (Lipinski definition) is 1. The number of benzene rings is 3. The lowest BCUT2D eigenvalue weighted by Gasteiger charge is -2.19. The van der Waals surface area contributed by atoms with Gasteiger partial charge in [-0.3, -0.25) is 14.4 Å².